The molecular formula is C11H12O5S. The molecule has 0 fully saturated rings. The van der Waals surface area contributed by atoms with Crippen LogP contribution in [0.5, 0.6) is 0 Å². The van der Waals surface area contributed by atoms with Gasteiger partial charge in [0.15, 0.2) is 5.78 Å². The Morgan fingerprint density at radius 3 is 2.47 bits per heavy atom. The van der Waals surface area contributed by atoms with Gasteiger partial charge >= 0.3 is 11.9 Å². The van der Waals surface area contributed by atoms with Crippen LogP contribution in [0.25, 0.3) is 0 Å². The molecule has 1 aromatic rings. The van der Waals surface area contributed by atoms with Crippen LogP contribution in [0.15, 0.2) is 17.5 Å². The Bertz CT molecular complexity index is 410. The topological polar surface area (TPSA) is 69.7 Å². The van der Waals surface area contributed by atoms with Gasteiger partial charge in [0.2, 0.25) is 0 Å². The number of carbonyl (C=O) groups is 3. The molecule has 17 heavy (non-hydrogen) atoms. The zero-order chi connectivity index (χ0) is 12.8. The van der Waals surface area contributed by atoms with E-state index in [0.717, 1.165) is 0 Å². The number of hydrogen-bond donors (Lipinski definition) is 0. The van der Waals surface area contributed by atoms with Crippen molar-refractivity contribution in [2.75, 3.05) is 14.2 Å². The van der Waals surface area contributed by atoms with Crippen molar-refractivity contribution < 1.29 is 23.9 Å². The molecule has 0 bridgehead atoms. The van der Waals surface area contributed by atoms with Crippen LogP contribution in [0.2, 0.25) is 0 Å². The lowest BCUT2D eigenvalue weighted by Gasteiger charge is -2.11. The van der Waals surface area contributed by atoms with Crippen molar-refractivity contribution in [3.05, 3.63) is 22.4 Å². The number of ether oxygens (including phenoxy) is 2. The molecule has 1 atom stereocenters. The third-order valence-corrected chi connectivity index (χ3v) is 3.05. The maximum atomic E-state index is 12.0. The number of esters is 2. The molecule has 0 saturated carbocycles. The van der Waals surface area contributed by atoms with Crippen molar-refractivity contribution >= 4 is 29.1 Å². The average molecular weight is 256 g/mol. The number of rotatable bonds is 5. The predicted molar refractivity (Wildman–Crippen MR) is 60.8 cm³/mol. The smallest absolute Gasteiger partial charge is 0.317 e. The fourth-order valence-corrected chi connectivity index (χ4v) is 1.99. The summed E-state index contributed by atoms with van der Waals surface area (Å²) in [5.74, 6) is -2.90. The van der Waals surface area contributed by atoms with Crippen molar-refractivity contribution in [3.63, 3.8) is 0 Å². The molecular weight excluding hydrogens is 244 g/mol. The molecule has 0 aliphatic rings. The van der Waals surface area contributed by atoms with Gasteiger partial charge in [0.05, 0.1) is 25.5 Å². The molecule has 0 spiro atoms. The molecule has 1 aromatic heterocycles. The number of methoxy groups -OCH3 is 2. The summed E-state index contributed by atoms with van der Waals surface area (Å²) in [6.07, 6.45) is -0.306. The molecule has 0 N–H and O–H groups in total. The van der Waals surface area contributed by atoms with Gasteiger partial charge < -0.3 is 9.47 Å². The van der Waals surface area contributed by atoms with Crippen LogP contribution in [-0.2, 0) is 19.1 Å². The van der Waals surface area contributed by atoms with E-state index >= 15 is 0 Å². The highest BCUT2D eigenvalue weighted by Gasteiger charge is 2.31. The maximum Gasteiger partial charge on any atom is 0.317 e. The monoisotopic (exact) mass is 256 g/mol. The normalized spacial score (nSPS) is 11.6. The van der Waals surface area contributed by atoms with Gasteiger partial charge in [0.25, 0.3) is 0 Å². The van der Waals surface area contributed by atoms with Gasteiger partial charge in [-0.05, 0) is 11.4 Å². The fourth-order valence-electron chi connectivity index (χ4n) is 1.27. The van der Waals surface area contributed by atoms with E-state index in [4.69, 9.17) is 0 Å². The Morgan fingerprint density at radius 1 is 1.29 bits per heavy atom. The first-order chi connectivity index (χ1) is 8.10. The molecule has 0 aromatic carbocycles. The van der Waals surface area contributed by atoms with Crippen LogP contribution in [-0.4, -0.2) is 31.9 Å². The van der Waals surface area contributed by atoms with E-state index in [1.807, 2.05) is 0 Å². The number of thiophene rings is 1. The first-order valence-corrected chi connectivity index (χ1v) is 5.70. The number of carbonyl (C=O) groups excluding carboxylic acids is 3. The standard InChI is InChI=1S/C11H12O5S/c1-15-9(12)6-7(11(14)16-2)10(13)8-4-3-5-17-8/h3-5,7H,6H2,1-2H3. The van der Waals surface area contributed by atoms with Crippen molar-refractivity contribution in [2.24, 2.45) is 5.92 Å². The van der Waals surface area contributed by atoms with Crippen LogP contribution < -0.4 is 0 Å². The molecule has 0 radical (unpaired) electrons. The van der Waals surface area contributed by atoms with Crippen molar-refractivity contribution in [2.45, 2.75) is 6.42 Å². The molecule has 92 valence electrons. The van der Waals surface area contributed by atoms with E-state index in [-0.39, 0.29) is 6.42 Å². The molecule has 0 saturated heterocycles. The SMILES string of the molecule is COC(=O)CC(C(=O)OC)C(=O)c1cccs1. The Kier molecular flexibility index (Phi) is 4.84. The third-order valence-electron chi connectivity index (χ3n) is 2.16. The highest BCUT2D eigenvalue weighted by Crippen LogP contribution is 2.18. The number of Topliss-reactive ketones (excluding diaryl/α,β-unsaturated/α-hetero) is 1. The van der Waals surface area contributed by atoms with E-state index in [9.17, 15) is 14.4 Å². The third kappa shape index (κ3) is 3.39. The minimum Gasteiger partial charge on any atom is -0.469 e. The summed E-state index contributed by atoms with van der Waals surface area (Å²) in [6, 6.07) is 3.30. The summed E-state index contributed by atoms with van der Waals surface area (Å²) in [5, 5.41) is 1.72. The highest BCUT2D eigenvalue weighted by atomic mass is 32.1. The second-order valence-corrected chi connectivity index (χ2v) is 4.15. The Balaban J connectivity index is 2.87. The fraction of sp³-hybridized carbons (Fsp3) is 0.364. The lowest BCUT2D eigenvalue weighted by Crippen LogP contribution is -2.28. The van der Waals surface area contributed by atoms with Crippen LogP contribution >= 0.6 is 11.3 Å². The molecule has 1 rings (SSSR count). The summed E-state index contributed by atoms with van der Waals surface area (Å²) in [7, 11) is 2.38. The Labute approximate surface area is 102 Å². The molecule has 0 amide bonds. The van der Waals surface area contributed by atoms with E-state index in [1.54, 1.807) is 17.5 Å². The van der Waals surface area contributed by atoms with Gasteiger partial charge in [0.1, 0.15) is 5.92 Å². The van der Waals surface area contributed by atoms with Crippen molar-refractivity contribution in [3.8, 4) is 0 Å². The molecule has 1 unspecified atom stereocenters. The summed E-state index contributed by atoms with van der Waals surface area (Å²) >= 11 is 1.21. The van der Waals surface area contributed by atoms with E-state index in [1.165, 1.54) is 25.6 Å². The average Bonchev–Trinajstić information content (AvgIpc) is 2.87. The highest BCUT2D eigenvalue weighted by molar-refractivity contribution is 7.12. The molecule has 0 aliphatic carbocycles. The molecule has 6 heteroatoms. The first-order valence-electron chi connectivity index (χ1n) is 4.82. The summed E-state index contributed by atoms with van der Waals surface area (Å²) < 4.78 is 8.96. The second kappa shape index (κ2) is 6.15. The quantitative estimate of drug-likeness (QED) is 0.451. The van der Waals surface area contributed by atoms with Gasteiger partial charge in [-0.25, -0.2) is 0 Å². The lowest BCUT2D eigenvalue weighted by atomic mass is 9.99. The first kappa shape index (κ1) is 13.4. The zero-order valence-electron chi connectivity index (χ0n) is 9.47. The predicted octanol–water partition coefficient (Wildman–Crippen LogP) is 1.28. The maximum absolute atomic E-state index is 12.0. The molecule has 0 aliphatic heterocycles. The van der Waals surface area contributed by atoms with Gasteiger partial charge in [-0.3, -0.25) is 14.4 Å². The van der Waals surface area contributed by atoms with Gasteiger partial charge in [-0.15, -0.1) is 11.3 Å². The summed E-state index contributed by atoms with van der Waals surface area (Å²) in [6.45, 7) is 0. The van der Waals surface area contributed by atoms with Crippen molar-refractivity contribution in [1.82, 2.24) is 0 Å². The minimum atomic E-state index is -1.13. The van der Waals surface area contributed by atoms with Crippen LogP contribution in [0, 0.1) is 5.92 Å². The largest absolute Gasteiger partial charge is 0.469 e. The van der Waals surface area contributed by atoms with E-state index in [2.05, 4.69) is 9.47 Å². The van der Waals surface area contributed by atoms with Gasteiger partial charge in [-0.2, -0.15) is 0 Å². The lowest BCUT2D eigenvalue weighted by molar-refractivity contribution is -0.150. The molecule has 5 nitrogen and oxygen atoms in total. The molecule has 1 heterocycles. The van der Waals surface area contributed by atoms with Crippen molar-refractivity contribution in [1.29, 1.82) is 0 Å². The van der Waals surface area contributed by atoms with Crippen LogP contribution in [0.3, 0.4) is 0 Å². The summed E-state index contributed by atoms with van der Waals surface area (Å²) in [5.41, 5.74) is 0. The second-order valence-electron chi connectivity index (χ2n) is 3.20. The number of hydrogen-bond acceptors (Lipinski definition) is 6. The Hall–Kier alpha value is -1.69. The van der Waals surface area contributed by atoms with E-state index < -0.39 is 23.6 Å². The number of ketones is 1. The zero-order valence-corrected chi connectivity index (χ0v) is 10.3. The van der Waals surface area contributed by atoms with Crippen LogP contribution in [0.4, 0.5) is 0 Å². The van der Waals surface area contributed by atoms with E-state index in [0.29, 0.717) is 4.88 Å². The summed E-state index contributed by atoms with van der Waals surface area (Å²) in [4.78, 5) is 35.0. The van der Waals surface area contributed by atoms with Crippen LogP contribution in [0.1, 0.15) is 16.1 Å². The van der Waals surface area contributed by atoms with Gasteiger partial charge in [-0.1, -0.05) is 6.07 Å². The van der Waals surface area contributed by atoms with Gasteiger partial charge in [0, 0.05) is 0 Å². The Morgan fingerprint density at radius 2 is 2.00 bits per heavy atom. The minimum absolute atomic E-state index is 0.306.